The molecule has 104 valence electrons. The van der Waals surface area contributed by atoms with Gasteiger partial charge in [0.25, 0.3) is 0 Å². The Morgan fingerprint density at radius 1 is 1.25 bits per heavy atom. The van der Waals surface area contributed by atoms with E-state index in [1.807, 2.05) is 12.1 Å². The van der Waals surface area contributed by atoms with Crippen molar-refractivity contribution in [1.29, 1.82) is 0 Å². The van der Waals surface area contributed by atoms with Gasteiger partial charge in [0.15, 0.2) is 0 Å². The van der Waals surface area contributed by atoms with Crippen LogP contribution in [0.3, 0.4) is 0 Å². The lowest BCUT2D eigenvalue weighted by molar-refractivity contribution is 0.270. The summed E-state index contributed by atoms with van der Waals surface area (Å²) >= 11 is 1.52. The van der Waals surface area contributed by atoms with Crippen molar-refractivity contribution in [3.05, 3.63) is 35.9 Å². The van der Waals surface area contributed by atoms with Crippen LogP contribution in [0.1, 0.15) is 32.2 Å². The van der Waals surface area contributed by atoms with Crippen molar-refractivity contribution < 1.29 is 5.11 Å². The summed E-state index contributed by atoms with van der Waals surface area (Å²) in [5, 5.41) is 15.1. The smallest absolute Gasteiger partial charge is 0.213 e. The maximum absolute atomic E-state index is 9.64. The minimum absolute atomic E-state index is 0.0622. The molecule has 1 N–H and O–H groups in total. The van der Waals surface area contributed by atoms with Gasteiger partial charge in [0.2, 0.25) is 4.96 Å². The van der Waals surface area contributed by atoms with Gasteiger partial charge in [-0.15, -0.1) is 0 Å². The second-order valence-electron chi connectivity index (χ2n) is 5.65. The summed E-state index contributed by atoms with van der Waals surface area (Å²) in [5.41, 5.74) is 2.57. The predicted molar refractivity (Wildman–Crippen MR) is 78.7 cm³/mol. The van der Waals surface area contributed by atoms with Crippen LogP contribution in [0.4, 0.5) is 0 Å². The molecule has 6 heteroatoms. The van der Waals surface area contributed by atoms with Crippen LogP contribution in [-0.2, 0) is 12.0 Å². The van der Waals surface area contributed by atoms with Crippen molar-refractivity contribution >= 4 is 16.3 Å². The fraction of sp³-hybridized carbons (Fsp3) is 0.357. The molecule has 3 aromatic heterocycles. The van der Waals surface area contributed by atoms with E-state index in [1.165, 1.54) is 11.3 Å². The van der Waals surface area contributed by atoms with E-state index in [0.29, 0.717) is 0 Å². The van der Waals surface area contributed by atoms with Gasteiger partial charge >= 0.3 is 0 Å². The first-order chi connectivity index (χ1) is 9.50. The molecule has 0 aromatic carbocycles. The number of aliphatic hydroxyl groups is 1. The highest BCUT2D eigenvalue weighted by molar-refractivity contribution is 7.19. The summed E-state index contributed by atoms with van der Waals surface area (Å²) in [6, 6.07) is 3.84. The van der Waals surface area contributed by atoms with Crippen LogP contribution < -0.4 is 0 Å². The van der Waals surface area contributed by atoms with E-state index in [2.05, 4.69) is 35.8 Å². The number of fused-ring (bicyclic) bond motifs is 1. The molecule has 3 aromatic rings. The summed E-state index contributed by atoms with van der Waals surface area (Å²) < 4.78 is 1.75. The third kappa shape index (κ3) is 2.10. The van der Waals surface area contributed by atoms with E-state index in [-0.39, 0.29) is 12.0 Å². The fourth-order valence-corrected chi connectivity index (χ4v) is 3.07. The number of nitrogens with zero attached hydrogens (tertiary/aromatic N) is 4. The van der Waals surface area contributed by atoms with Gasteiger partial charge in [-0.3, -0.25) is 4.98 Å². The Morgan fingerprint density at radius 3 is 2.55 bits per heavy atom. The van der Waals surface area contributed by atoms with Crippen molar-refractivity contribution in [1.82, 2.24) is 19.6 Å². The van der Waals surface area contributed by atoms with Crippen LogP contribution in [-0.4, -0.2) is 24.7 Å². The molecule has 0 unspecified atom stereocenters. The van der Waals surface area contributed by atoms with Crippen LogP contribution in [0.2, 0.25) is 0 Å². The molecule has 0 atom stereocenters. The molecule has 0 saturated carbocycles. The summed E-state index contributed by atoms with van der Waals surface area (Å²) in [5.74, 6) is 0. The zero-order valence-electron chi connectivity index (χ0n) is 11.7. The largest absolute Gasteiger partial charge is 0.390 e. The highest BCUT2D eigenvalue weighted by atomic mass is 32.1. The lowest BCUT2D eigenvalue weighted by Gasteiger charge is -2.16. The van der Waals surface area contributed by atoms with E-state index in [9.17, 15) is 5.11 Å². The van der Waals surface area contributed by atoms with Crippen LogP contribution in [0.5, 0.6) is 0 Å². The standard InChI is InChI=1S/C14H16N4OS/c1-14(2,3)11-10(8-19)18-13(16-11)20-12(17-18)9-4-6-15-7-5-9/h4-7,19H,8H2,1-3H3. The Bertz CT molecular complexity index is 740. The van der Waals surface area contributed by atoms with Gasteiger partial charge in [-0.05, 0) is 12.1 Å². The first kappa shape index (κ1) is 13.2. The molecule has 0 aliphatic carbocycles. The highest BCUT2D eigenvalue weighted by Gasteiger charge is 2.25. The number of imidazole rings is 1. The third-order valence-electron chi connectivity index (χ3n) is 3.08. The second-order valence-corrected chi connectivity index (χ2v) is 6.61. The molecule has 20 heavy (non-hydrogen) atoms. The SMILES string of the molecule is CC(C)(C)c1nc2sc(-c3ccncc3)nn2c1CO. The Morgan fingerprint density at radius 2 is 1.95 bits per heavy atom. The number of hydrogen-bond donors (Lipinski definition) is 1. The Kier molecular flexibility index (Phi) is 3.07. The van der Waals surface area contributed by atoms with Gasteiger partial charge in [0, 0.05) is 23.4 Å². The molecular weight excluding hydrogens is 272 g/mol. The second kappa shape index (κ2) is 4.64. The Labute approximate surface area is 120 Å². The lowest BCUT2D eigenvalue weighted by Crippen LogP contribution is -2.15. The molecule has 0 spiro atoms. The Hall–Kier alpha value is -1.79. The summed E-state index contributed by atoms with van der Waals surface area (Å²) in [4.78, 5) is 9.46. The lowest BCUT2D eigenvalue weighted by atomic mass is 9.91. The quantitative estimate of drug-likeness (QED) is 0.787. The van der Waals surface area contributed by atoms with E-state index in [4.69, 9.17) is 0 Å². The van der Waals surface area contributed by atoms with Crippen molar-refractivity contribution in [2.75, 3.05) is 0 Å². The average molecular weight is 288 g/mol. The molecule has 5 nitrogen and oxygen atoms in total. The molecule has 0 amide bonds. The molecule has 0 fully saturated rings. The molecule has 0 aliphatic heterocycles. The normalized spacial score (nSPS) is 12.2. The maximum Gasteiger partial charge on any atom is 0.213 e. The van der Waals surface area contributed by atoms with Crippen molar-refractivity contribution in [2.24, 2.45) is 0 Å². The minimum atomic E-state index is -0.109. The van der Waals surface area contributed by atoms with Gasteiger partial charge in [-0.2, -0.15) is 5.10 Å². The van der Waals surface area contributed by atoms with Gasteiger partial charge in [0.05, 0.1) is 18.0 Å². The van der Waals surface area contributed by atoms with E-state index >= 15 is 0 Å². The minimum Gasteiger partial charge on any atom is -0.390 e. The molecule has 3 rings (SSSR count). The zero-order valence-corrected chi connectivity index (χ0v) is 12.5. The van der Waals surface area contributed by atoms with E-state index in [0.717, 1.165) is 26.9 Å². The topological polar surface area (TPSA) is 63.3 Å². The van der Waals surface area contributed by atoms with Gasteiger partial charge in [-0.25, -0.2) is 9.50 Å². The molecule has 0 saturated heterocycles. The van der Waals surface area contributed by atoms with Gasteiger partial charge in [-0.1, -0.05) is 32.1 Å². The van der Waals surface area contributed by atoms with Crippen molar-refractivity contribution in [2.45, 2.75) is 32.8 Å². The molecule has 0 radical (unpaired) electrons. The van der Waals surface area contributed by atoms with E-state index < -0.39 is 0 Å². The summed E-state index contributed by atoms with van der Waals surface area (Å²) in [6.07, 6.45) is 3.49. The predicted octanol–water partition coefficient (Wildman–Crippen LogP) is 2.64. The van der Waals surface area contributed by atoms with Crippen molar-refractivity contribution in [3.63, 3.8) is 0 Å². The highest BCUT2D eigenvalue weighted by Crippen LogP contribution is 2.31. The van der Waals surface area contributed by atoms with Crippen LogP contribution in [0.15, 0.2) is 24.5 Å². The van der Waals surface area contributed by atoms with Gasteiger partial charge < -0.3 is 5.11 Å². The molecule has 3 heterocycles. The number of hydrogen-bond acceptors (Lipinski definition) is 5. The first-order valence-electron chi connectivity index (χ1n) is 6.41. The summed E-state index contributed by atoms with van der Waals surface area (Å²) in [6.45, 7) is 6.19. The van der Waals surface area contributed by atoms with Crippen LogP contribution >= 0.6 is 11.3 Å². The monoisotopic (exact) mass is 288 g/mol. The molecule has 0 aliphatic rings. The number of aliphatic hydroxyl groups excluding tert-OH is 1. The van der Waals surface area contributed by atoms with Crippen LogP contribution in [0.25, 0.3) is 15.5 Å². The first-order valence-corrected chi connectivity index (χ1v) is 7.22. The number of rotatable bonds is 2. The number of aromatic nitrogens is 4. The molecule has 0 bridgehead atoms. The maximum atomic E-state index is 9.64. The fourth-order valence-electron chi connectivity index (χ4n) is 2.14. The zero-order chi connectivity index (χ0) is 14.3. The Balaban J connectivity index is 2.17. The van der Waals surface area contributed by atoms with Gasteiger partial charge in [0.1, 0.15) is 5.01 Å². The van der Waals surface area contributed by atoms with Crippen LogP contribution in [0, 0.1) is 0 Å². The van der Waals surface area contributed by atoms with Crippen molar-refractivity contribution in [3.8, 4) is 10.6 Å². The molecular formula is C14H16N4OS. The van der Waals surface area contributed by atoms with E-state index in [1.54, 1.807) is 16.9 Å². The third-order valence-corrected chi connectivity index (χ3v) is 4.04. The summed E-state index contributed by atoms with van der Waals surface area (Å²) in [7, 11) is 0. The number of pyridine rings is 1. The average Bonchev–Trinajstić information content (AvgIpc) is 2.95.